The first kappa shape index (κ1) is 13.7. The molecule has 0 radical (unpaired) electrons. The van der Waals surface area contributed by atoms with Gasteiger partial charge in [-0.1, -0.05) is 5.11 Å². The number of carbonyl (C=O) groups excluding carboxylic acids is 2. The number of rotatable bonds is 3. The summed E-state index contributed by atoms with van der Waals surface area (Å²) in [5.41, 5.74) is 8.35. The van der Waals surface area contributed by atoms with Crippen molar-refractivity contribution in [3.63, 3.8) is 0 Å². The highest BCUT2D eigenvalue weighted by Gasteiger charge is 2.18. The lowest BCUT2D eigenvalue weighted by Gasteiger charge is -2.19. The Labute approximate surface area is 104 Å². The average Bonchev–Trinajstić information content (AvgIpc) is 2.26. The second-order valence-electron chi connectivity index (χ2n) is 4.62. The molecule has 0 aliphatic rings. The number of aldehydes is 1. The Morgan fingerprint density at radius 1 is 1.39 bits per heavy atom. The Morgan fingerprint density at radius 2 is 2.06 bits per heavy atom. The summed E-state index contributed by atoms with van der Waals surface area (Å²) < 4.78 is 5.17. The lowest BCUT2D eigenvalue weighted by Crippen LogP contribution is -2.23. The van der Waals surface area contributed by atoms with E-state index in [1.165, 1.54) is 18.2 Å². The van der Waals surface area contributed by atoms with Crippen LogP contribution < -0.4 is 0 Å². The monoisotopic (exact) mass is 247 g/mol. The van der Waals surface area contributed by atoms with Gasteiger partial charge >= 0.3 is 5.97 Å². The summed E-state index contributed by atoms with van der Waals surface area (Å²) in [6, 6.07) is 4.15. The van der Waals surface area contributed by atoms with E-state index in [2.05, 4.69) is 10.0 Å². The molecule has 0 fully saturated rings. The number of carbonyl (C=O) groups is 2. The minimum Gasteiger partial charge on any atom is -0.456 e. The Morgan fingerprint density at radius 3 is 2.56 bits per heavy atom. The molecule has 0 N–H and O–H groups in total. The van der Waals surface area contributed by atoms with Crippen LogP contribution in [0.15, 0.2) is 23.3 Å². The molecular weight excluding hydrogens is 234 g/mol. The van der Waals surface area contributed by atoms with Crippen LogP contribution >= 0.6 is 0 Å². The molecule has 0 aromatic heterocycles. The van der Waals surface area contributed by atoms with Crippen molar-refractivity contribution in [3.05, 3.63) is 39.8 Å². The van der Waals surface area contributed by atoms with Gasteiger partial charge in [0.15, 0.2) is 0 Å². The largest absolute Gasteiger partial charge is 0.456 e. The standard InChI is InChI=1S/C12H13N3O3/c1-12(2,3)18-11(17)9-4-8(7-16)5-10(6-9)14-15-13/h4-7H,1-3H3. The smallest absolute Gasteiger partial charge is 0.338 e. The van der Waals surface area contributed by atoms with Gasteiger partial charge in [0.25, 0.3) is 0 Å². The van der Waals surface area contributed by atoms with Crippen molar-refractivity contribution in [2.24, 2.45) is 5.11 Å². The summed E-state index contributed by atoms with van der Waals surface area (Å²) in [5, 5.41) is 3.37. The predicted octanol–water partition coefficient (Wildman–Crippen LogP) is 3.40. The summed E-state index contributed by atoms with van der Waals surface area (Å²) in [5.74, 6) is -0.569. The third-order valence-electron chi connectivity index (χ3n) is 1.87. The maximum absolute atomic E-state index is 11.8. The molecule has 0 aliphatic carbocycles. The lowest BCUT2D eigenvalue weighted by molar-refractivity contribution is 0.00695. The molecule has 0 amide bonds. The number of benzene rings is 1. The predicted molar refractivity (Wildman–Crippen MR) is 65.8 cm³/mol. The zero-order valence-corrected chi connectivity index (χ0v) is 10.4. The second kappa shape index (κ2) is 5.33. The number of hydrogen-bond donors (Lipinski definition) is 0. The van der Waals surface area contributed by atoms with E-state index in [1.54, 1.807) is 20.8 Å². The summed E-state index contributed by atoms with van der Waals surface area (Å²) >= 11 is 0. The van der Waals surface area contributed by atoms with Crippen LogP contribution in [0, 0.1) is 0 Å². The topological polar surface area (TPSA) is 92.1 Å². The molecule has 6 heteroatoms. The van der Waals surface area contributed by atoms with Gasteiger partial charge in [0.1, 0.15) is 11.9 Å². The van der Waals surface area contributed by atoms with E-state index in [-0.39, 0.29) is 16.8 Å². The molecule has 0 unspecified atom stereocenters. The maximum Gasteiger partial charge on any atom is 0.338 e. The van der Waals surface area contributed by atoms with Gasteiger partial charge in [0.05, 0.1) is 5.56 Å². The summed E-state index contributed by atoms with van der Waals surface area (Å²) in [4.78, 5) is 25.2. The zero-order chi connectivity index (χ0) is 13.8. The fourth-order valence-corrected chi connectivity index (χ4v) is 1.27. The molecular formula is C12H13N3O3. The fraction of sp³-hybridized carbons (Fsp3) is 0.333. The molecule has 0 heterocycles. The van der Waals surface area contributed by atoms with E-state index in [0.717, 1.165) is 0 Å². The third kappa shape index (κ3) is 3.92. The average molecular weight is 247 g/mol. The molecule has 0 bridgehead atoms. The quantitative estimate of drug-likeness (QED) is 0.269. The highest BCUT2D eigenvalue weighted by molar-refractivity contribution is 5.93. The van der Waals surface area contributed by atoms with Crippen molar-refractivity contribution in [1.82, 2.24) is 0 Å². The zero-order valence-electron chi connectivity index (χ0n) is 10.4. The number of esters is 1. The fourth-order valence-electron chi connectivity index (χ4n) is 1.27. The SMILES string of the molecule is CC(C)(C)OC(=O)c1cc(C=O)cc(N=[N+]=[N-])c1. The van der Waals surface area contributed by atoms with Crippen molar-refractivity contribution < 1.29 is 14.3 Å². The van der Waals surface area contributed by atoms with Gasteiger partial charge in [-0.2, -0.15) is 0 Å². The van der Waals surface area contributed by atoms with Crippen LogP contribution in [0.1, 0.15) is 41.5 Å². The van der Waals surface area contributed by atoms with Crippen molar-refractivity contribution in [2.75, 3.05) is 0 Å². The van der Waals surface area contributed by atoms with E-state index >= 15 is 0 Å². The van der Waals surface area contributed by atoms with Crippen LogP contribution in [0.4, 0.5) is 5.69 Å². The molecule has 0 saturated carbocycles. The van der Waals surface area contributed by atoms with Gasteiger partial charge in [0.2, 0.25) is 0 Å². The molecule has 1 aromatic rings. The first-order valence-electron chi connectivity index (χ1n) is 5.24. The highest BCUT2D eigenvalue weighted by Crippen LogP contribution is 2.20. The van der Waals surface area contributed by atoms with E-state index in [1.807, 2.05) is 0 Å². The number of ether oxygens (including phenoxy) is 1. The van der Waals surface area contributed by atoms with Crippen molar-refractivity contribution in [3.8, 4) is 0 Å². The Balaban J connectivity index is 3.15. The third-order valence-corrected chi connectivity index (χ3v) is 1.87. The molecule has 18 heavy (non-hydrogen) atoms. The van der Waals surface area contributed by atoms with Gasteiger partial charge in [-0.3, -0.25) is 4.79 Å². The first-order valence-corrected chi connectivity index (χ1v) is 5.24. The van der Waals surface area contributed by atoms with Gasteiger partial charge < -0.3 is 4.74 Å². The van der Waals surface area contributed by atoms with E-state index in [9.17, 15) is 9.59 Å². The van der Waals surface area contributed by atoms with Gasteiger partial charge in [-0.15, -0.1) is 0 Å². The number of azide groups is 1. The highest BCUT2D eigenvalue weighted by atomic mass is 16.6. The van der Waals surface area contributed by atoms with Crippen molar-refractivity contribution in [2.45, 2.75) is 26.4 Å². The molecule has 94 valence electrons. The molecule has 0 spiro atoms. The van der Waals surface area contributed by atoms with E-state index in [0.29, 0.717) is 6.29 Å². The minimum absolute atomic E-state index is 0.178. The Hall–Kier alpha value is -2.33. The van der Waals surface area contributed by atoms with Gasteiger partial charge in [-0.25, -0.2) is 4.79 Å². The lowest BCUT2D eigenvalue weighted by atomic mass is 10.1. The number of nitrogens with zero attached hydrogens (tertiary/aromatic N) is 3. The Kier molecular flexibility index (Phi) is 4.07. The Bertz CT molecular complexity index is 526. The second-order valence-corrected chi connectivity index (χ2v) is 4.62. The summed E-state index contributed by atoms with van der Waals surface area (Å²) in [6.07, 6.45) is 0.574. The molecule has 0 saturated heterocycles. The van der Waals surface area contributed by atoms with Crippen molar-refractivity contribution in [1.29, 1.82) is 0 Å². The van der Waals surface area contributed by atoms with Crippen LogP contribution in [-0.4, -0.2) is 17.9 Å². The van der Waals surface area contributed by atoms with Crippen LogP contribution in [0.5, 0.6) is 0 Å². The van der Waals surface area contributed by atoms with Crippen LogP contribution in [0.2, 0.25) is 0 Å². The van der Waals surface area contributed by atoms with Crippen LogP contribution in [0.25, 0.3) is 10.4 Å². The van der Waals surface area contributed by atoms with E-state index in [4.69, 9.17) is 10.3 Å². The van der Waals surface area contributed by atoms with E-state index < -0.39 is 11.6 Å². The van der Waals surface area contributed by atoms with Crippen molar-refractivity contribution >= 4 is 17.9 Å². The first-order chi connectivity index (χ1) is 8.35. The van der Waals surface area contributed by atoms with Crippen LogP contribution in [-0.2, 0) is 4.74 Å². The minimum atomic E-state index is -0.632. The summed E-state index contributed by atoms with van der Waals surface area (Å²) in [7, 11) is 0. The normalized spacial score (nSPS) is 10.4. The molecule has 1 aromatic carbocycles. The van der Waals surface area contributed by atoms with Gasteiger partial charge in [-0.05, 0) is 44.5 Å². The molecule has 1 rings (SSSR count). The maximum atomic E-state index is 11.8. The summed E-state index contributed by atoms with van der Waals surface area (Å²) in [6.45, 7) is 5.22. The molecule has 6 nitrogen and oxygen atoms in total. The van der Waals surface area contributed by atoms with Crippen LogP contribution in [0.3, 0.4) is 0 Å². The number of hydrogen-bond acceptors (Lipinski definition) is 4. The van der Waals surface area contributed by atoms with Gasteiger partial charge in [0, 0.05) is 16.2 Å². The molecule has 0 aliphatic heterocycles. The molecule has 0 atom stereocenters.